The molecular formula is C17H11N3O2. The average Bonchev–Trinajstić information content (AvgIpc) is 3.04. The van der Waals surface area contributed by atoms with Crippen LogP contribution in [-0.4, -0.2) is 11.1 Å². The van der Waals surface area contributed by atoms with E-state index in [1.807, 2.05) is 36.4 Å². The first-order valence-electron chi connectivity index (χ1n) is 6.59. The lowest BCUT2D eigenvalue weighted by Gasteiger charge is -2.04. The lowest BCUT2D eigenvalue weighted by molar-refractivity contribution is 0.102. The Bertz CT molecular complexity index is 848. The summed E-state index contributed by atoms with van der Waals surface area (Å²) in [4.78, 5) is 12.3. The van der Waals surface area contributed by atoms with Crippen molar-refractivity contribution in [3.05, 3.63) is 71.9 Å². The highest BCUT2D eigenvalue weighted by molar-refractivity contribution is 6.05. The molecule has 0 aliphatic heterocycles. The van der Waals surface area contributed by atoms with Crippen molar-refractivity contribution in [1.29, 1.82) is 5.26 Å². The van der Waals surface area contributed by atoms with Gasteiger partial charge in [0.05, 0.1) is 23.4 Å². The fourth-order valence-corrected chi connectivity index (χ4v) is 2.06. The number of nitrogens with zero attached hydrogens (tertiary/aromatic N) is 2. The van der Waals surface area contributed by atoms with Crippen molar-refractivity contribution in [2.75, 3.05) is 5.32 Å². The quantitative estimate of drug-likeness (QED) is 0.800. The van der Waals surface area contributed by atoms with Gasteiger partial charge in [-0.1, -0.05) is 41.6 Å². The molecule has 3 rings (SSSR count). The van der Waals surface area contributed by atoms with Crippen LogP contribution in [0.5, 0.6) is 0 Å². The molecule has 0 aliphatic carbocycles. The van der Waals surface area contributed by atoms with Gasteiger partial charge in [0.2, 0.25) is 5.88 Å². The molecule has 0 atom stereocenters. The Morgan fingerprint density at radius 3 is 2.73 bits per heavy atom. The number of nitrogens with one attached hydrogen (secondary N) is 1. The Morgan fingerprint density at radius 1 is 1.14 bits per heavy atom. The predicted molar refractivity (Wildman–Crippen MR) is 81.0 cm³/mol. The van der Waals surface area contributed by atoms with Crippen molar-refractivity contribution in [2.45, 2.75) is 0 Å². The molecule has 0 aliphatic rings. The van der Waals surface area contributed by atoms with Gasteiger partial charge in [-0.3, -0.25) is 10.1 Å². The Balaban J connectivity index is 1.87. The highest BCUT2D eigenvalue weighted by Crippen LogP contribution is 2.27. The van der Waals surface area contributed by atoms with Gasteiger partial charge in [0.1, 0.15) is 0 Å². The molecule has 0 bridgehead atoms. The van der Waals surface area contributed by atoms with Crippen molar-refractivity contribution < 1.29 is 9.32 Å². The summed E-state index contributed by atoms with van der Waals surface area (Å²) in [5, 5.41) is 15.3. The van der Waals surface area contributed by atoms with Crippen LogP contribution in [0, 0.1) is 11.3 Å². The van der Waals surface area contributed by atoms with E-state index in [4.69, 9.17) is 9.78 Å². The molecule has 0 radical (unpaired) electrons. The third kappa shape index (κ3) is 2.72. The third-order valence-corrected chi connectivity index (χ3v) is 3.14. The summed E-state index contributed by atoms with van der Waals surface area (Å²) >= 11 is 0. The molecule has 0 spiro atoms. The van der Waals surface area contributed by atoms with E-state index in [1.54, 1.807) is 24.4 Å². The van der Waals surface area contributed by atoms with Gasteiger partial charge in [0, 0.05) is 5.56 Å². The average molecular weight is 289 g/mol. The zero-order valence-corrected chi connectivity index (χ0v) is 11.5. The van der Waals surface area contributed by atoms with E-state index in [9.17, 15) is 4.79 Å². The number of anilines is 1. The maximum atomic E-state index is 12.3. The zero-order valence-electron chi connectivity index (χ0n) is 11.5. The van der Waals surface area contributed by atoms with Crippen molar-refractivity contribution >= 4 is 11.8 Å². The van der Waals surface area contributed by atoms with Crippen molar-refractivity contribution in [2.24, 2.45) is 0 Å². The second-order valence-electron chi connectivity index (χ2n) is 4.58. The molecule has 3 aromatic rings. The highest BCUT2D eigenvalue weighted by Gasteiger charge is 2.14. The number of carbonyl (C=O) groups is 1. The summed E-state index contributed by atoms with van der Waals surface area (Å²) in [6.45, 7) is 0. The van der Waals surface area contributed by atoms with E-state index in [0.29, 0.717) is 16.7 Å². The molecule has 0 saturated carbocycles. The molecule has 1 heterocycles. The second-order valence-corrected chi connectivity index (χ2v) is 4.58. The highest BCUT2D eigenvalue weighted by atomic mass is 16.5. The topological polar surface area (TPSA) is 78.9 Å². The number of carbonyl (C=O) groups excluding carboxylic acids is 1. The number of nitriles is 1. The maximum absolute atomic E-state index is 12.3. The molecule has 5 heteroatoms. The van der Waals surface area contributed by atoms with Gasteiger partial charge in [0.25, 0.3) is 5.91 Å². The monoisotopic (exact) mass is 289 g/mol. The Morgan fingerprint density at radius 2 is 1.95 bits per heavy atom. The molecule has 22 heavy (non-hydrogen) atoms. The summed E-state index contributed by atoms with van der Waals surface area (Å²) in [5.41, 5.74) is 2.40. The van der Waals surface area contributed by atoms with E-state index in [0.717, 1.165) is 5.56 Å². The fourth-order valence-electron chi connectivity index (χ4n) is 2.06. The van der Waals surface area contributed by atoms with E-state index in [1.165, 1.54) is 6.07 Å². The van der Waals surface area contributed by atoms with Crippen LogP contribution in [0.3, 0.4) is 0 Å². The molecule has 5 nitrogen and oxygen atoms in total. The van der Waals surface area contributed by atoms with Crippen molar-refractivity contribution in [1.82, 2.24) is 5.16 Å². The molecule has 0 fully saturated rings. The van der Waals surface area contributed by atoms with Crippen LogP contribution in [0.25, 0.3) is 11.1 Å². The lowest BCUT2D eigenvalue weighted by atomic mass is 10.1. The smallest absolute Gasteiger partial charge is 0.258 e. The van der Waals surface area contributed by atoms with Crippen LogP contribution < -0.4 is 5.32 Å². The maximum Gasteiger partial charge on any atom is 0.258 e. The number of hydrogen-bond acceptors (Lipinski definition) is 4. The fraction of sp³-hybridized carbons (Fsp3) is 0. The van der Waals surface area contributed by atoms with E-state index < -0.39 is 0 Å². The summed E-state index contributed by atoms with van der Waals surface area (Å²) < 4.78 is 5.12. The van der Waals surface area contributed by atoms with Gasteiger partial charge in [-0.25, -0.2) is 0 Å². The normalized spacial score (nSPS) is 9.95. The summed E-state index contributed by atoms with van der Waals surface area (Å²) in [6, 6.07) is 18.0. The molecule has 106 valence electrons. The number of aromatic nitrogens is 1. The largest absolute Gasteiger partial charge is 0.338 e. The Labute approximate surface area is 126 Å². The van der Waals surface area contributed by atoms with E-state index in [-0.39, 0.29) is 11.8 Å². The SMILES string of the molecule is N#Cc1cccc(C(=O)Nc2oncc2-c2ccccc2)c1. The van der Waals surface area contributed by atoms with Gasteiger partial charge in [-0.05, 0) is 23.8 Å². The molecule has 1 amide bonds. The standard InChI is InChI=1S/C17H11N3O2/c18-10-12-5-4-8-14(9-12)16(21)20-17-15(11-19-22-17)13-6-2-1-3-7-13/h1-9,11H,(H,20,21). The van der Waals surface area contributed by atoms with Crippen molar-refractivity contribution in [3.8, 4) is 17.2 Å². The predicted octanol–water partition coefficient (Wildman–Crippen LogP) is 3.47. The Kier molecular flexibility index (Phi) is 3.67. The van der Waals surface area contributed by atoms with E-state index >= 15 is 0 Å². The van der Waals surface area contributed by atoms with Gasteiger partial charge in [0.15, 0.2) is 0 Å². The van der Waals surface area contributed by atoms with E-state index in [2.05, 4.69) is 10.5 Å². The van der Waals surface area contributed by atoms with Crippen LogP contribution in [0.4, 0.5) is 5.88 Å². The van der Waals surface area contributed by atoms with Crippen molar-refractivity contribution in [3.63, 3.8) is 0 Å². The molecule has 0 unspecified atom stereocenters. The summed E-state index contributed by atoms with van der Waals surface area (Å²) in [5.74, 6) is -0.0791. The second kappa shape index (κ2) is 5.94. The minimum atomic E-state index is -0.356. The first-order chi connectivity index (χ1) is 10.8. The van der Waals surface area contributed by atoms with Crippen LogP contribution in [0.15, 0.2) is 65.3 Å². The number of amides is 1. The first kappa shape index (κ1) is 13.6. The molecule has 1 N–H and O–H groups in total. The minimum Gasteiger partial charge on any atom is -0.338 e. The first-order valence-corrected chi connectivity index (χ1v) is 6.59. The van der Waals surface area contributed by atoms with Crippen LogP contribution >= 0.6 is 0 Å². The van der Waals surface area contributed by atoms with Gasteiger partial charge >= 0.3 is 0 Å². The van der Waals surface area contributed by atoms with Crippen LogP contribution in [0.2, 0.25) is 0 Å². The van der Waals surface area contributed by atoms with Gasteiger partial charge in [-0.15, -0.1) is 0 Å². The number of hydrogen-bond donors (Lipinski definition) is 1. The zero-order chi connectivity index (χ0) is 15.4. The Hall–Kier alpha value is -3.39. The summed E-state index contributed by atoms with van der Waals surface area (Å²) in [7, 11) is 0. The minimum absolute atomic E-state index is 0.276. The van der Waals surface area contributed by atoms with Crippen LogP contribution in [0.1, 0.15) is 15.9 Å². The molecule has 0 saturated heterocycles. The summed E-state index contributed by atoms with van der Waals surface area (Å²) in [6.07, 6.45) is 1.55. The lowest BCUT2D eigenvalue weighted by Crippen LogP contribution is -2.12. The molecule has 2 aromatic carbocycles. The number of rotatable bonds is 3. The third-order valence-electron chi connectivity index (χ3n) is 3.14. The number of benzene rings is 2. The van der Waals surface area contributed by atoms with Gasteiger partial charge < -0.3 is 4.52 Å². The van der Waals surface area contributed by atoms with Crippen LogP contribution in [-0.2, 0) is 0 Å². The van der Waals surface area contributed by atoms with Gasteiger partial charge in [-0.2, -0.15) is 5.26 Å². The molecule has 1 aromatic heterocycles. The molecular weight excluding hydrogens is 278 g/mol.